The number of para-hydroxylation sites is 2. The lowest BCUT2D eigenvalue weighted by molar-refractivity contribution is 0.0951. The molecule has 0 unspecified atom stereocenters. The average Bonchev–Trinajstić information content (AvgIpc) is 3.15. The van der Waals surface area contributed by atoms with E-state index in [1.54, 1.807) is 0 Å². The number of aromatic nitrogens is 3. The molecule has 1 aromatic heterocycles. The van der Waals surface area contributed by atoms with Gasteiger partial charge in [0.25, 0.3) is 5.91 Å². The lowest BCUT2D eigenvalue weighted by Crippen LogP contribution is -2.25. The third-order valence-corrected chi connectivity index (χ3v) is 5.43. The molecule has 0 saturated heterocycles. The van der Waals surface area contributed by atoms with Crippen LogP contribution in [-0.2, 0) is 6.54 Å². The van der Waals surface area contributed by atoms with Gasteiger partial charge in [0.2, 0.25) is 0 Å². The normalized spacial score (nSPS) is 10.9. The summed E-state index contributed by atoms with van der Waals surface area (Å²) in [5.74, 6) is -0.110. The van der Waals surface area contributed by atoms with Crippen LogP contribution in [0.15, 0.2) is 60.7 Å². The first-order valence-electron chi connectivity index (χ1n) is 9.23. The third-order valence-electron chi connectivity index (χ3n) is 4.81. The highest BCUT2D eigenvalue weighted by Crippen LogP contribution is 2.24. The first kappa shape index (κ1) is 19.4. The molecule has 0 aliphatic rings. The summed E-state index contributed by atoms with van der Waals surface area (Å²) in [4.78, 5) is 13.0. The van der Waals surface area contributed by atoms with Gasteiger partial charge < -0.3 is 10.6 Å². The summed E-state index contributed by atoms with van der Waals surface area (Å²) in [6.45, 7) is 2.34. The monoisotopic (exact) mass is 497 g/mol. The van der Waals surface area contributed by atoms with Gasteiger partial charge in [0.1, 0.15) is 5.52 Å². The van der Waals surface area contributed by atoms with E-state index in [0.29, 0.717) is 12.1 Å². The Hall–Kier alpha value is -2.94. The molecule has 1 amide bonds. The fourth-order valence-electron chi connectivity index (χ4n) is 3.42. The quantitative estimate of drug-likeness (QED) is 0.404. The maximum absolute atomic E-state index is 13.0. The number of nitrogens with one attached hydrogen (secondary N) is 2. The number of fused-ring (bicyclic) bond motifs is 1. The summed E-state index contributed by atoms with van der Waals surface area (Å²) in [5, 5.41) is 14.7. The number of nitrogens with zero attached hydrogens (tertiary/aromatic N) is 3. The van der Waals surface area contributed by atoms with Gasteiger partial charge in [-0.05, 0) is 71.0 Å². The van der Waals surface area contributed by atoms with Crippen molar-refractivity contribution < 1.29 is 4.79 Å². The number of aryl methyl sites for hydroxylation is 1. The molecular weight excluding hydrogens is 477 g/mol. The number of amides is 1. The van der Waals surface area contributed by atoms with Crippen molar-refractivity contribution in [1.29, 1.82) is 0 Å². The number of carbonyl (C=O) groups excluding carboxylic acids is 1. The maximum atomic E-state index is 13.0. The Kier molecular flexibility index (Phi) is 5.48. The van der Waals surface area contributed by atoms with Crippen LogP contribution in [0, 0.1) is 10.5 Å². The molecule has 0 atom stereocenters. The van der Waals surface area contributed by atoms with E-state index in [0.717, 1.165) is 37.1 Å². The standard InChI is InChI=1S/C22H20IN5O/c1-14-11-16(23)12-18(24-2)21(14)22(29)25-13-15-7-3-5-9-19(15)28-20-10-6-4-8-17(20)26-27-28/h3-12,24H,13H2,1-2H3,(H,25,29). The zero-order chi connectivity index (χ0) is 20.4. The molecule has 0 radical (unpaired) electrons. The molecule has 0 bridgehead atoms. The third kappa shape index (κ3) is 3.82. The van der Waals surface area contributed by atoms with Crippen molar-refractivity contribution in [2.24, 2.45) is 0 Å². The number of rotatable bonds is 5. The van der Waals surface area contributed by atoms with Crippen molar-refractivity contribution in [3.05, 3.63) is 80.9 Å². The van der Waals surface area contributed by atoms with Crippen molar-refractivity contribution in [2.75, 3.05) is 12.4 Å². The van der Waals surface area contributed by atoms with Crippen LogP contribution in [0.25, 0.3) is 16.7 Å². The van der Waals surface area contributed by atoms with Crippen LogP contribution < -0.4 is 10.6 Å². The fourth-order valence-corrected chi connectivity index (χ4v) is 4.20. The molecule has 3 aromatic carbocycles. The molecule has 0 aliphatic heterocycles. The first-order chi connectivity index (χ1) is 14.1. The maximum Gasteiger partial charge on any atom is 0.253 e. The molecule has 2 N–H and O–H groups in total. The van der Waals surface area contributed by atoms with Gasteiger partial charge in [-0.3, -0.25) is 4.79 Å². The number of anilines is 1. The molecule has 29 heavy (non-hydrogen) atoms. The number of hydrogen-bond donors (Lipinski definition) is 2. The largest absolute Gasteiger partial charge is 0.387 e. The van der Waals surface area contributed by atoms with E-state index in [9.17, 15) is 4.79 Å². The molecule has 1 heterocycles. The molecule has 6 nitrogen and oxygen atoms in total. The molecule has 146 valence electrons. The number of carbonyl (C=O) groups is 1. The van der Waals surface area contributed by atoms with E-state index in [1.807, 2.05) is 79.3 Å². The Morgan fingerprint density at radius 1 is 1.10 bits per heavy atom. The molecule has 0 saturated carbocycles. The number of halogens is 1. The van der Waals surface area contributed by atoms with Crippen molar-refractivity contribution in [3.63, 3.8) is 0 Å². The molecule has 7 heteroatoms. The van der Waals surface area contributed by atoms with E-state index in [4.69, 9.17) is 0 Å². The fraction of sp³-hybridized carbons (Fsp3) is 0.136. The van der Waals surface area contributed by atoms with Crippen molar-refractivity contribution in [1.82, 2.24) is 20.3 Å². The van der Waals surface area contributed by atoms with E-state index < -0.39 is 0 Å². The van der Waals surface area contributed by atoms with Crippen LogP contribution in [0.3, 0.4) is 0 Å². The second kappa shape index (κ2) is 8.20. The minimum atomic E-state index is -0.110. The zero-order valence-electron chi connectivity index (χ0n) is 16.1. The minimum absolute atomic E-state index is 0.110. The second-order valence-corrected chi connectivity index (χ2v) is 7.94. The lowest BCUT2D eigenvalue weighted by Gasteiger charge is -2.15. The number of hydrogen-bond acceptors (Lipinski definition) is 4. The van der Waals surface area contributed by atoms with Crippen molar-refractivity contribution >= 4 is 45.2 Å². The molecule has 4 aromatic rings. The highest BCUT2D eigenvalue weighted by atomic mass is 127. The smallest absolute Gasteiger partial charge is 0.253 e. The Morgan fingerprint density at radius 3 is 2.69 bits per heavy atom. The highest BCUT2D eigenvalue weighted by Gasteiger charge is 2.16. The first-order valence-corrected chi connectivity index (χ1v) is 10.3. The summed E-state index contributed by atoms with van der Waals surface area (Å²) in [7, 11) is 1.83. The van der Waals surface area contributed by atoms with Crippen LogP contribution in [0.1, 0.15) is 21.5 Å². The van der Waals surface area contributed by atoms with Gasteiger partial charge in [-0.25, -0.2) is 4.68 Å². The Morgan fingerprint density at radius 2 is 1.86 bits per heavy atom. The van der Waals surface area contributed by atoms with Crippen molar-refractivity contribution in [3.8, 4) is 5.69 Å². The highest BCUT2D eigenvalue weighted by molar-refractivity contribution is 14.1. The summed E-state index contributed by atoms with van der Waals surface area (Å²) in [5.41, 5.74) is 6.05. The average molecular weight is 497 g/mol. The second-order valence-electron chi connectivity index (χ2n) is 6.70. The van der Waals surface area contributed by atoms with Gasteiger partial charge in [-0.2, -0.15) is 0 Å². The van der Waals surface area contributed by atoms with Gasteiger partial charge in [0, 0.05) is 22.8 Å². The predicted molar refractivity (Wildman–Crippen MR) is 123 cm³/mol. The van der Waals surface area contributed by atoms with Gasteiger partial charge in [-0.15, -0.1) is 5.10 Å². The van der Waals surface area contributed by atoms with Crippen LogP contribution in [0.4, 0.5) is 5.69 Å². The molecular formula is C22H20IN5O. The predicted octanol–water partition coefficient (Wildman–Crippen LogP) is 4.31. The SMILES string of the molecule is CNc1cc(I)cc(C)c1C(=O)NCc1ccccc1-n1nnc2ccccc21. The zero-order valence-corrected chi connectivity index (χ0v) is 18.3. The number of benzene rings is 3. The van der Waals surface area contributed by atoms with Crippen LogP contribution in [0.5, 0.6) is 0 Å². The topological polar surface area (TPSA) is 71.8 Å². The van der Waals surface area contributed by atoms with Crippen LogP contribution in [0.2, 0.25) is 0 Å². The van der Waals surface area contributed by atoms with Gasteiger partial charge >= 0.3 is 0 Å². The molecule has 4 rings (SSSR count). The molecule has 0 spiro atoms. The van der Waals surface area contributed by atoms with Gasteiger partial charge in [0.05, 0.1) is 16.8 Å². The molecule has 0 aliphatic carbocycles. The summed E-state index contributed by atoms with van der Waals surface area (Å²) >= 11 is 2.25. The van der Waals surface area contributed by atoms with E-state index in [-0.39, 0.29) is 5.91 Å². The summed E-state index contributed by atoms with van der Waals surface area (Å²) in [6, 6.07) is 19.7. The Balaban J connectivity index is 1.63. The van der Waals surface area contributed by atoms with E-state index >= 15 is 0 Å². The van der Waals surface area contributed by atoms with Crippen molar-refractivity contribution in [2.45, 2.75) is 13.5 Å². The summed E-state index contributed by atoms with van der Waals surface area (Å²) < 4.78 is 2.90. The van der Waals surface area contributed by atoms with Crippen LogP contribution in [-0.4, -0.2) is 27.9 Å². The Labute approximate surface area is 182 Å². The van der Waals surface area contributed by atoms with Gasteiger partial charge in [0.15, 0.2) is 0 Å². The minimum Gasteiger partial charge on any atom is -0.387 e. The molecule has 0 fully saturated rings. The van der Waals surface area contributed by atoms with E-state index in [1.165, 1.54) is 0 Å². The summed E-state index contributed by atoms with van der Waals surface area (Å²) in [6.07, 6.45) is 0. The van der Waals surface area contributed by atoms with Gasteiger partial charge in [-0.1, -0.05) is 35.5 Å². The van der Waals surface area contributed by atoms with Crippen LogP contribution >= 0.6 is 22.6 Å². The Bertz CT molecular complexity index is 1200. The lowest BCUT2D eigenvalue weighted by atomic mass is 10.1. The van der Waals surface area contributed by atoms with E-state index in [2.05, 4.69) is 43.5 Å².